The van der Waals surface area contributed by atoms with Crippen LogP contribution in [0.3, 0.4) is 0 Å². The van der Waals surface area contributed by atoms with Gasteiger partial charge in [0.2, 0.25) is 0 Å². The van der Waals surface area contributed by atoms with E-state index in [4.69, 9.17) is 0 Å². The van der Waals surface area contributed by atoms with Crippen LogP contribution in [0.25, 0.3) is 11.3 Å². The molecule has 1 aromatic carbocycles. The second-order valence-corrected chi connectivity index (χ2v) is 4.38. The Morgan fingerprint density at radius 2 is 1.86 bits per heavy atom. The number of aryl methyl sites for hydroxylation is 2. The Morgan fingerprint density at radius 1 is 1.21 bits per heavy atom. The summed E-state index contributed by atoms with van der Waals surface area (Å²) in [6.45, 7) is 4.24. The molecule has 0 aliphatic heterocycles. The van der Waals surface area contributed by atoms with E-state index in [1.807, 2.05) is 6.20 Å². The third-order valence-electron chi connectivity index (χ3n) is 2.30. The highest BCUT2D eigenvalue weighted by Gasteiger charge is 2.06. The molecule has 0 spiro atoms. The molecule has 0 saturated carbocycles. The van der Waals surface area contributed by atoms with E-state index in [1.165, 1.54) is 16.7 Å². The van der Waals surface area contributed by atoms with E-state index < -0.39 is 0 Å². The van der Waals surface area contributed by atoms with E-state index in [0.717, 1.165) is 9.53 Å². The number of rotatable bonds is 1. The van der Waals surface area contributed by atoms with Crippen molar-refractivity contribution in [2.45, 2.75) is 13.8 Å². The molecule has 0 unspecified atom stereocenters. The van der Waals surface area contributed by atoms with E-state index in [1.54, 1.807) is 0 Å². The van der Waals surface area contributed by atoms with Gasteiger partial charge in [-0.3, -0.25) is 0 Å². The first kappa shape index (κ1) is 9.71. The number of benzene rings is 1. The van der Waals surface area contributed by atoms with Gasteiger partial charge in [0, 0.05) is 5.56 Å². The number of aromatic nitrogens is 2. The zero-order valence-corrected chi connectivity index (χ0v) is 10.3. The first-order valence-corrected chi connectivity index (χ1v) is 5.53. The SMILES string of the molecule is Cc1cccc(C)c1-c1cnc(I)[nH]1. The minimum atomic E-state index is 0.931. The molecule has 1 heterocycles. The fraction of sp³-hybridized carbons (Fsp3) is 0.182. The van der Waals surface area contributed by atoms with Gasteiger partial charge in [-0.1, -0.05) is 18.2 Å². The zero-order valence-electron chi connectivity index (χ0n) is 8.13. The third kappa shape index (κ3) is 1.68. The Kier molecular flexibility index (Phi) is 2.58. The van der Waals surface area contributed by atoms with Crippen molar-refractivity contribution in [1.29, 1.82) is 0 Å². The van der Waals surface area contributed by atoms with Crippen LogP contribution in [0.2, 0.25) is 0 Å². The second-order valence-electron chi connectivity index (χ2n) is 3.35. The van der Waals surface area contributed by atoms with Crippen molar-refractivity contribution in [1.82, 2.24) is 9.97 Å². The summed E-state index contributed by atoms with van der Waals surface area (Å²) in [5, 5.41) is 0. The summed E-state index contributed by atoms with van der Waals surface area (Å²) < 4.78 is 0.931. The molecule has 1 N–H and O–H groups in total. The van der Waals surface area contributed by atoms with Crippen molar-refractivity contribution in [3.63, 3.8) is 0 Å². The molecule has 0 bridgehead atoms. The molecule has 72 valence electrons. The van der Waals surface area contributed by atoms with E-state index in [-0.39, 0.29) is 0 Å². The molecule has 0 radical (unpaired) electrons. The maximum absolute atomic E-state index is 4.21. The first-order chi connectivity index (χ1) is 6.68. The Balaban J connectivity index is 2.61. The topological polar surface area (TPSA) is 28.7 Å². The lowest BCUT2D eigenvalue weighted by atomic mass is 10.0. The maximum Gasteiger partial charge on any atom is 0.169 e. The molecule has 0 saturated heterocycles. The van der Waals surface area contributed by atoms with Crippen molar-refractivity contribution in [3.05, 3.63) is 39.4 Å². The summed E-state index contributed by atoms with van der Waals surface area (Å²) in [4.78, 5) is 7.46. The van der Waals surface area contributed by atoms with Crippen molar-refractivity contribution in [3.8, 4) is 11.3 Å². The Hall–Kier alpha value is -0.840. The first-order valence-electron chi connectivity index (χ1n) is 4.45. The van der Waals surface area contributed by atoms with Crippen LogP contribution in [0.15, 0.2) is 24.4 Å². The number of hydrogen-bond donors (Lipinski definition) is 1. The average molecular weight is 298 g/mol. The zero-order chi connectivity index (χ0) is 10.1. The number of hydrogen-bond acceptors (Lipinski definition) is 1. The van der Waals surface area contributed by atoms with Crippen LogP contribution >= 0.6 is 22.6 Å². The summed E-state index contributed by atoms with van der Waals surface area (Å²) in [5.41, 5.74) is 4.93. The molecular weight excluding hydrogens is 287 g/mol. The van der Waals surface area contributed by atoms with Crippen LogP contribution in [0.5, 0.6) is 0 Å². The van der Waals surface area contributed by atoms with Gasteiger partial charge < -0.3 is 4.98 Å². The summed E-state index contributed by atoms with van der Waals surface area (Å²) in [7, 11) is 0. The Labute approximate surface area is 96.9 Å². The van der Waals surface area contributed by atoms with Crippen molar-refractivity contribution in [2.75, 3.05) is 0 Å². The van der Waals surface area contributed by atoms with Gasteiger partial charge in [-0.05, 0) is 47.6 Å². The van der Waals surface area contributed by atoms with Crippen molar-refractivity contribution < 1.29 is 0 Å². The maximum atomic E-state index is 4.21. The third-order valence-corrected chi connectivity index (χ3v) is 2.84. The van der Waals surface area contributed by atoms with Gasteiger partial charge in [0.15, 0.2) is 3.83 Å². The molecule has 1 aromatic heterocycles. The number of aromatic amines is 1. The van der Waals surface area contributed by atoms with E-state index in [9.17, 15) is 0 Å². The second kappa shape index (κ2) is 3.73. The Bertz CT molecular complexity index is 440. The van der Waals surface area contributed by atoms with Gasteiger partial charge in [-0.25, -0.2) is 4.98 Å². The molecule has 3 heteroatoms. The highest BCUT2D eigenvalue weighted by atomic mass is 127. The smallest absolute Gasteiger partial charge is 0.169 e. The van der Waals surface area contributed by atoms with Crippen LogP contribution in [0, 0.1) is 17.7 Å². The number of halogens is 1. The largest absolute Gasteiger partial charge is 0.333 e. The van der Waals surface area contributed by atoms with Gasteiger partial charge in [-0.15, -0.1) is 0 Å². The number of imidazole rings is 1. The molecule has 0 aliphatic carbocycles. The quantitative estimate of drug-likeness (QED) is 0.804. The van der Waals surface area contributed by atoms with Gasteiger partial charge >= 0.3 is 0 Å². The molecule has 0 aliphatic rings. The number of H-pyrrole nitrogens is 1. The predicted molar refractivity (Wildman–Crippen MR) is 66.2 cm³/mol. The molecule has 0 fully saturated rings. The lowest BCUT2D eigenvalue weighted by Crippen LogP contribution is -1.87. The number of nitrogens with zero attached hydrogens (tertiary/aromatic N) is 1. The summed E-state index contributed by atoms with van der Waals surface area (Å²) in [6.07, 6.45) is 1.89. The fourth-order valence-corrected chi connectivity index (χ4v) is 2.09. The standard InChI is InChI=1S/C11H11IN2/c1-7-4-3-5-8(2)10(7)9-6-13-11(12)14-9/h3-6H,1-2H3,(H,13,14). The van der Waals surface area contributed by atoms with Gasteiger partial charge in [0.1, 0.15) is 0 Å². The molecule has 0 atom stereocenters. The van der Waals surface area contributed by atoms with Crippen LogP contribution < -0.4 is 0 Å². The van der Waals surface area contributed by atoms with Crippen molar-refractivity contribution in [2.24, 2.45) is 0 Å². The van der Waals surface area contributed by atoms with Crippen LogP contribution in [-0.2, 0) is 0 Å². The molecular formula is C11H11IN2. The van der Waals surface area contributed by atoms with Crippen LogP contribution in [0.1, 0.15) is 11.1 Å². The van der Waals surface area contributed by atoms with Crippen LogP contribution in [0.4, 0.5) is 0 Å². The highest BCUT2D eigenvalue weighted by Crippen LogP contribution is 2.25. The van der Waals surface area contributed by atoms with E-state index >= 15 is 0 Å². The summed E-state index contributed by atoms with van der Waals surface area (Å²) in [5.74, 6) is 0. The minimum absolute atomic E-state index is 0.931. The number of nitrogens with one attached hydrogen (secondary N) is 1. The van der Waals surface area contributed by atoms with Crippen LogP contribution in [-0.4, -0.2) is 9.97 Å². The normalized spacial score (nSPS) is 10.5. The molecule has 2 aromatic rings. The molecule has 2 nitrogen and oxygen atoms in total. The van der Waals surface area contributed by atoms with E-state index in [0.29, 0.717) is 0 Å². The van der Waals surface area contributed by atoms with Gasteiger partial charge in [0.25, 0.3) is 0 Å². The van der Waals surface area contributed by atoms with Gasteiger partial charge in [0.05, 0.1) is 11.9 Å². The van der Waals surface area contributed by atoms with E-state index in [2.05, 4.69) is 64.6 Å². The minimum Gasteiger partial charge on any atom is -0.333 e. The highest BCUT2D eigenvalue weighted by molar-refractivity contribution is 14.1. The lowest BCUT2D eigenvalue weighted by Gasteiger charge is -2.06. The lowest BCUT2D eigenvalue weighted by molar-refractivity contribution is 1.23. The summed E-state index contributed by atoms with van der Waals surface area (Å²) >= 11 is 2.18. The monoisotopic (exact) mass is 298 g/mol. The average Bonchev–Trinajstić information content (AvgIpc) is 2.51. The molecule has 0 amide bonds. The van der Waals surface area contributed by atoms with Gasteiger partial charge in [-0.2, -0.15) is 0 Å². The predicted octanol–water partition coefficient (Wildman–Crippen LogP) is 3.30. The fourth-order valence-electron chi connectivity index (χ4n) is 1.66. The van der Waals surface area contributed by atoms with Crippen molar-refractivity contribution >= 4 is 22.6 Å². The molecule has 14 heavy (non-hydrogen) atoms. The summed E-state index contributed by atoms with van der Waals surface area (Å²) in [6, 6.07) is 6.32. The molecule has 2 rings (SSSR count). The Morgan fingerprint density at radius 3 is 2.36 bits per heavy atom.